The molecule has 0 aromatic heterocycles. The maximum atomic E-state index is 5.56. The van der Waals surface area contributed by atoms with Gasteiger partial charge < -0.3 is 14.8 Å². The van der Waals surface area contributed by atoms with Crippen molar-refractivity contribution in [3.8, 4) is 11.5 Å². The van der Waals surface area contributed by atoms with Crippen LogP contribution < -0.4 is 14.8 Å². The summed E-state index contributed by atoms with van der Waals surface area (Å²) in [4.78, 5) is 0. The molecule has 3 nitrogen and oxygen atoms in total. The van der Waals surface area contributed by atoms with Crippen LogP contribution in [0.4, 0.5) is 5.69 Å². The van der Waals surface area contributed by atoms with Crippen molar-refractivity contribution in [3.63, 3.8) is 0 Å². The van der Waals surface area contributed by atoms with Crippen LogP contribution in [0.15, 0.2) is 18.2 Å². The predicted octanol–water partition coefficient (Wildman–Crippen LogP) is 3.30. The molecule has 1 aliphatic carbocycles. The number of rotatable bonds is 5. The first-order chi connectivity index (χ1) is 8.22. The van der Waals surface area contributed by atoms with E-state index in [9.17, 15) is 0 Å². The predicted molar refractivity (Wildman–Crippen MR) is 70.0 cm³/mol. The van der Waals surface area contributed by atoms with Crippen LogP contribution in [0.1, 0.15) is 26.7 Å². The maximum absolute atomic E-state index is 5.56. The zero-order chi connectivity index (χ0) is 12.3. The molecular formula is C14H21NO2. The second kappa shape index (κ2) is 5.30. The maximum Gasteiger partial charge on any atom is 0.163 e. The van der Waals surface area contributed by atoms with Crippen LogP contribution in [-0.2, 0) is 0 Å². The van der Waals surface area contributed by atoms with Crippen LogP contribution in [-0.4, -0.2) is 19.8 Å². The van der Waals surface area contributed by atoms with E-state index in [0.717, 1.165) is 23.1 Å². The molecule has 0 unspecified atom stereocenters. The normalized spacial score (nSPS) is 22.8. The molecule has 94 valence electrons. The van der Waals surface area contributed by atoms with Crippen molar-refractivity contribution in [2.45, 2.75) is 32.7 Å². The summed E-state index contributed by atoms with van der Waals surface area (Å²) in [5.41, 5.74) is 1.12. The molecule has 1 aromatic rings. The van der Waals surface area contributed by atoms with E-state index in [-0.39, 0.29) is 0 Å². The fourth-order valence-corrected chi connectivity index (χ4v) is 2.29. The minimum Gasteiger partial charge on any atom is -0.493 e. The molecule has 0 bridgehead atoms. The number of hydrogen-bond donors (Lipinski definition) is 1. The molecule has 1 aromatic carbocycles. The van der Waals surface area contributed by atoms with Gasteiger partial charge in [-0.1, -0.05) is 6.92 Å². The summed E-state index contributed by atoms with van der Waals surface area (Å²) in [5.74, 6) is 2.46. The first-order valence-electron chi connectivity index (χ1n) is 6.30. The van der Waals surface area contributed by atoms with Gasteiger partial charge in [-0.15, -0.1) is 0 Å². The molecule has 1 aliphatic rings. The average Bonchev–Trinajstić information content (AvgIpc) is 2.28. The molecule has 0 saturated heterocycles. The topological polar surface area (TPSA) is 30.5 Å². The standard InChI is InChI=1S/C14H21NO2/c1-4-17-14-9-11(5-6-13(14)16-3)15-12-7-10(2)8-12/h5-6,9-10,12,15H,4,7-8H2,1-3H3. The van der Waals surface area contributed by atoms with Crippen LogP contribution in [0.25, 0.3) is 0 Å². The largest absolute Gasteiger partial charge is 0.493 e. The molecule has 1 saturated carbocycles. The summed E-state index contributed by atoms with van der Waals surface area (Å²) in [6, 6.07) is 6.64. The van der Waals surface area contributed by atoms with E-state index in [1.165, 1.54) is 12.8 Å². The molecule has 0 radical (unpaired) electrons. The van der Waals surface area contributed by atoms with Crippen molar-refractivity contribution in [1.82, 2.24) is 0 Å². The number of ether oxygens (including phenoxy) is 2. The highest BCUT2D eigenvalue weighted by Gasteiger charge is 2.25. The molecule has 1 N–H and O–H groups in total. The molecule has 0 spiro atoms. The van der Waals surface area contributed by atoms with Gasteiger partial charge in [-0.2, -0.15) is 0 Å². The second-order valence-electron chi connectivity index (χ2n) is 4.72. The van der Waals surface area contributed by atoms with Crippen LogP contribution >= 0.6 is 0 Å². The van der Waals surface area contributed by atoms with E-state index < -0.39 is 0 Å². The van der Waals surface area contributed by atoms with Gasteiger partial charge in [0.2, 0.25) is 0 Å². The Hall–Kier alpha value is -1.38. The van der Waals surface area contributed by atoms with Crippen LogP contribution in [0.3, 0.4) is 0 Å². The lowest BCUT2D eigenvalue weighted by atomic mass is 9.82. The Morgan fingerprint density at radius 2 is 2.06 bits per heavy atom. The first-order valence-corrected chi connectivity index (χ1v) is 6.30. The minimum absolute atomic E-state index is 0.618. The molecule has 17 heavy (non-hydrogen) atoms. The van der Waals surface area contributed by atoms with E-state index >= 15 is 0 Å². The highest BCUT2D eigenvalue weighted by atomic mass is 16.5. The lowest BCUT2D eigenvalue weighted by Gasteiger charge is -2.34. The van der Waals surface area contributed by atoms with Gasteiger partial charge in [0.15, 0.2) is 11.5 Å². The third-order valence-electron chi connectivity index (χ3n) is 3.21. The molecule has 0 amide bonds. The van der Waals surface area contributed by atoms with Crippen LogP contribution in [0, 0.1) is 5.92 Å². The van der Waals surface area contributed by atoms with Gasteiger partial charge in [-0.25, -0.2) is 0 Å². The molecular weight excluding hydrogens is 214 g/mol. The van der Waals surface area contributed by atoms with Crippen molar-refractivity contribution in [1.29, 1.82) is 0 Å². The van der Waals surface area contributed by atoms with E-state index in [1.807, 2.05) is 25.1 Å². The number of anilines is 1. The number of nitrogens with one attached hydrogen (secondary N) is 1. The second-order valence-corrected chi connectivity index (χ2v) is 4.72. The van der Waals surface area contributed by atoms with Gasteiger partial charge >= 0.3 is 0 Å². The summed E-state index contributed by atoms with van der Waals surface area (Å²) in [6.45, 7) is 4.92. The van der Waals surface area contributed by atoms with Gasteiger partial charge in [0.05, 0.1) is 13.7 Å². The van der Waals surface area contributed by atoms with Gasteiger partial charge in [0.25, 0.3) is 0 Å². The molecule has 2 rings (SSSR count). The van der Waals surface area contributed by atoms with Crippen LogP contribution in [0.5, 0.6) is 11.5 Å². The molecule has 0 aliphatic heterocycles. The number of methoxy groups -OCH3 is 1. The van der Waals surface area contributed by atoms with E-state index in [2.05, 4.69) is 12.2 Å². The van der Waals surface area contributed by atoms with Gasteiger partial charge in [-0.05, 0) is 37.8 Å². The summed E-state index contributed by atoms with van der Waals surface area (Å²) in [5, 5.41) is 3.52. The summed E-state index contributed by atoms with van der Waals surface area (Å²) < 4.78 is 10.8. The molecule has 3 heteroatoms. The monoisotopic (exact) mass is 235 g/mol. The van der Waals surface area contributed by atoms with Crippen molar-refractivity contribution in [2.24, 2.45) is 5.92 Å². The lowest BCUT2D eigenvalue weighted by molar-refractivity contribution is 0.306. The quantitative estimate of drug-likeness (QED) is 0.849. The minimum atomic E-state index is 0.618. The Morgan fingerprint density at radius 1 is 1.29 bits per heavy atom. The van der Waals surface area contributed by atoms with Gasteiger partial charge in [0.1, 0.15) is 0 Å². The molecule has 0 heterocycles. The van der Waals surface area contributed by atoms with Gasteiger partial charge in [0, 0.05) is 17.8 Å². The zero-order valence-corrected chi connectivity index (χ0v) is 10.8. The average molecular weight is 235 g/mol. The van der Waals surface area contributed by atoms with Crippen molar-refractivity contribution >= 4 is 5.69 Å². The summed E-state index contributed by atoms with van der Waals surface area (Å²) in [6.07, 6.45) is 2.52. The summed E-state index contributed by atoms with van der Waals surface area (Å²) >= 11 is 0. The van der Waals surface area contributed by atoms with E-state index in [4.69, 9.17) is 9.47 Å². The van der Waals surface area contributed by atoms with Crippen molar-refractivity contribution in [2.75, 3.05) is 19.0 Å². The van der Waals surface area contributed by atoms with E-state index in [0.29, 0.717) is 12.6 Å². The van der Waals surface area contributed by atoms with Gasteiger partial charge in [-0.3, -0.25) is 0 Å². The fourth-order valence-electron chi connectivity index (χ4n) is 2.29. The molecule has 1 fully saturated rings. The Kier molecular flexibility index (Phi) is 3.77. The lowest BCUT2D eigenvalue weighted by Crippen LogP contribution is -2.33. The highest BCUT2D eigenvalue weighted by Crippen LogP contribution is 2.33. The molecule has 0 atom stereocenters. The van der Waals surface area contributed by atoms with Crippen molar-refractivity contribution in [3.05, 3.63) is 18.2 Å². The number of hydrogen-bond acceptors (Lipinski definition) is 3. The van der Waals surface area contributed by atoms with E-state index in [1.54, 1.807) is 7.11 Å². The van der Waals surface area contributed by atoms with Crippen LogP contribution in [0.2, 0.25) is 0 Å². The van der Waals surface area contributed by atoms with Crippen molar-refractivity contribution < 1.29 is 9.47 Å². The Morgan fingerprint density at radius 3 is 2.65 bits per heavy atom. The fraction of sp³-hybridized carbons (Fsp3) is 0.571. The smallest absolute Gasteiger partial charge is 0.163 e. The highest BCUT2D eigenvalue weighted by molar-refractivity contribution is 5.55. The summed E-state index contributed by atoms with van der Waals surface area (Å²) in [7, 11) is 1.67. The third-order valence-corrected chi connectivity index (χ3v) is 3.21. The zero-order valence-electron chi connectivity index (χ0n) is 10.8. The Bertz CT molecular complexity index is 372. The first kappa shape index (κ1) is 12.1. The SMILES string of the molecule is CCOc1cc(NC2CC(C)C2)ccc1OC. The third kappa shape index (κ3) is 2.84. The Labute approximate surface area is 103 Å². The number of benzene rings is 1. The Balaban J connectivity index is 2.04.